The van der Waals surface area contributed by atoms with E-state index in [0.717, 1.165) is 36.9 Å². The van der Waals surface area contributed by atoms with Crippen LogP contribution in [0.25, 0.3) is 0 Å². The van der Waals surface area contributed by atoms with Gasteiger partial charge in [0.25, 0.3) is 0 Å². The molecular formula is C23H26N4O2S. The number of pyridine rings is 1. The van der Waals surface area contributed by atoms with Crippen molar-refractivity contribution >= 4 is 28.1 Å². The molecule has 0 aliphatic heterocycles. The third-order valence-corrected chi connectivity index (χ3v) is 6.45. The topological polar surface area (TPSA) is 101 Å². The number of aliphatic hydroxyl groups is 1. The molecule has 6 nitrogen and oxygen atoms in total. The molecule has 4 N–H and O–H groups in total. The third kappa shape index (κ3) is 5.23. The molecule has 30 heavy (non-hydrogen) atoms. The summed E-state index contributed by atoms with van der Waals surface area (Å²) in [6.07, 6.45) is 7.44. The Bertz CT molecular complexity index is 974. The molecule has 0 bridgehead atoms. The molecule has 0 radical (unpaired) electrons. The SMILES string of the molecule is Nc1nc(CC(=O)Nc2ccc(C[C@@H]3CC[C@H]([C@H](O)c4cccnc4)C3)cc2)cs1. The molecule has 7 heteroatoms. The highest BCUT2D eigenvalue weighted by Crippen LogP contribution is 2.40. The molecule has 0 spiro atoms. The summed E-state index contributed by atoms with van der Waals surface area (Å²) >= 11 is 1.34. The number of carbonyl (C=O) groups is 1. The second-order valence-corrected chi connectivity index (χ2v) is 8.86. The Labute approximate surface area is 180 Å². The van der Waals surface area contributed by atoms with Gasteiger partial charge in [0.1, 0.15) is 0 Å². The van der Waals surface area contributed by atoms with Crippen LogP contribution in [0.3, 0.4) is 0 Å². The lowest BCUT2D eigenvalue weighted by atomic mass is 9.92. The van der Waals surface area contributed by atoms with Gasteiger partial charge in [-0.15, -0.1) is 11.3 Å². The molecule has 1 fully saturated rings. The van der Waals surface area contributed by atoms with Crippen LogP contribution in [0.2, 0.25) is 0 Å². The van der Waals surface area contributed by atoms with Gasteiger partial charge in [0, 0.05) is 23.5 Å². The van der Waals surface area contributed by atoms with Crippen LogP contribution in [0.15, 0.2) is 54.2 Å². The van der Waals surface area contributed by atoms with Crippen molar-refractivity contribution in [1.82, 2.24) is 9.97 Å². The summed E-state index contributed by atoms with van der Waals surface area (Å²) in [4.78, 5) is 20.4. The van der Waals surface area contributed by atoms with E-state index in [1.807, 2.05) is 24.3 Å². The molecule has 3 atom stereocenters. The Morgan fingerprint density at radius 1 is 1.27 bits per heavy atom. The number of aromatic nitrogens is 2. The second-order valence-electron chi connectivity index (χ2n) is 7.97. The molecule has 1 aliphatic rings. The van der Waals surface area contributed by atoms with Crippen LogP contribution in [0.4, 0.5) is 10.8 Å². The van der Waals surface area contributed by atoms with Crippen molar-refractivity contribution in [2.24, 2.45) is 11.8 Å². The van der Waals surface area contributed by atoms with E-state index in [0.29, 0.717) is 16.7 Å². The molecule has 0 unspecified atom stereocenters. The first kappa shape index (κ1) is 20.5. The largest absolute Gasteiger partial charge is 0.388 e. The van der Waals surface area contributed by atoms with Crippen LogP contribution in [0.1, 0.15) is 42.2 Å². The maximum Gasteiger partial charge on any atom is 0.230 e. The fourth-order valence-corrected chi connectivity index (χ4v) is 4.80. The highest BCUT2D eigenvalue weighted by atomic mass is 32.1. The maximum atomic E-state index is 12.2. The van der Waals surface area contributed by atoms with E-state index >= 15 is 0 Å². The number of carbonyl (C=O) groups excluding carboxylic acids is 1. The van der Waals surface area contributed by atoms with Crippen molar-refractivity contribution in [2.75, 3.05) is 11.1 Å². The zero-order valence-corrected chi connectivity index (χ0v) is 17.5. The number of benzene rings is 1. The summed E-state index contributed by atoms with van der Waals surface area (Å²) in [6.45, 7) is 0. The highest BCUT2D eigenvalue weighted by Gasteiger charge is 2.30. The van der Waals surface area contributed by atoms with Crippen molar-refractivity contribution in [2.45, 2.75) is 38.2 Å². The summed E-state index contributed by atoms with van der Waals surface area (Å²) < 4.78 is 0. The average Bonchev–Trinajstić information content (AvgIpc) is 3.38. The van der Waals surface area contributed by atoms with E-state index in [1.54, 1.807) is 17.8 Å². The summed E-state index contributed by atoms with van der Waals surface area (Å²) in [5.74, 6) is 0.755. The van der Waals surface area contributed by atoms with Gasteiger partial charge in [-0.3, -0.25) is 9.78 Å². The number of nitrogens with two attached hydrogens (primary N) is 1. The molecule has 4 rings (SSSR count). The average molecular weight is 423 g/mol. The molecule has 3 aromatic rings. The van der Waals surface area contributed by atoms with Gasteiger partial charge >= 0.3 is 0 Å². The van der Waals surface area contributed by atoms with Crippen LogP contribution in [0.5, 0.6) is 0 Å². The Kier molecular flexibility index (Phi) is 6.40. The number of nitrogens with zero attached hydrogens (tertiary/aromatic N) is 2. The van der Waals surface area contributed by atoms with Gasteiger partial charge in [-0.05, 0) is 66.8 Å². The first-order chi connectivity index (χ1) is 14.6. The molecule has 2 heterocycles. The van der Waals surface area contributed by atoms with Gasteiger partial charge in [-0.2, -0.15) is 0 Å². The number of hydrogen-bond acceptors (Lipinski definition) is 6. The molecular weight excluding hydrogens is 396 g/mol. The number of anilines is 2. The van der Waals surface area contributed by atoms with Crippen LogP contribution >= 0.6 is 11.3 Å². The number of aliphatic hydroxyl groups excluding tert-OH is 1. The van der Waals surface area contributed by atoms with E-state index in [1.165, 1.54) is 16.9 Å². The van der Waals surface area contributed by atoms with Crippen molar-refractivity contribution < 1.29 is 9.90 Å². The Balaban J connectivity index is 1.27. The fraction of sp³-hybridized carbons (Fsp3) is 0.348. The van der Waals surface area contributed by atoms with Crippen LogP contribution < -0.4 is 11.1 Å². The van der Waals surface area contributed by atoms with Gasteiger partial charge in [-0.25, -0.2) is 4.98 Å². The predicted molar refractivity (Wildman–Crippen MR) is 119 cm³/mol. The Morgan fingerprint density at radius 2 is 2.10 bits per heavy atom. The summed E-state index contributed by atoms with van der Waals surface area (Å²) in [7, 11) is 0. The summed E-state index contributed by atoms with van der Waals surface area (Å²) in [6, 6.07) is 11.8. The molecule has 1 saturated carbocycles. The van der Waals surface area contributed by atoms with Gasteiger partial charge in [-0.1, -0.05) is 18.2 Å². The number of amides is 1. The normalized spacial score (nSPS) is 19.5. The Hall–Kier alpha value is -2.77. The zero-order valence-electron chi connectivity index (χ0n) is 16.7. The molecule has 156 valence electrons. The minimum Gasteiger partial charge on any atom is -0.388 e. The van der Waals surface area contributed by atoms with Crippen LogP contribution in [-0.4, -0.2) is 21.0 Å². The predicted octanol–water partition coefficient (Wildman–Crippen LogP) is 3.99. The maximum absolute atomic E-state index is 12.2. The standard InChI is InChI=1S/C23H26N4O2S/c24-23-27-20(14-30-23)12-21(28)26-19-7-4-15(5-8-19)10-16-3-6-17(11-16)22(29)18-2-1-9-25-13-18/h1-2,4-5,7-9,13-14,16-17,22,29H,3,6,10-12H2,(H2,24,27)(H,26,28)/t16-,17-,22-/m0/s1. The first-order valence-electron chi connectivity index (χ1n) is 10.2. The molecule has 0 saturated heterocycles. The van der Waals surface area contributed by atoms with E-state index in [9.17, 15) is 9.90 Å². The number of nitrogen functional groups attached to an aromatic ring is 1. The molecule has 1 aliphatic carbocycles. The number of thiazole rings is 1. The highest BCUT2D eigenvalue weighted by molar-refractivity contribution is 7.13. The van der Waals surface area contributed by atoms with Gasteiger partial charge in [0.2, 0.25) is 5.91 Å². The summed E-state index contributed by atoms with van der Waals surface area (Å²) in [5.41, 5.74) is 9.23. The minimum atomic E-state index is -0.436. The van der Waals surface area contributed by atoms with Gasteiger partial charge < -0.3 is 16.2 Å². The quantitative estimate of drug-likeness (QED) is 0.534. The van der Waals surface area contributed by atoms with E-state index < -0.39 is 6.10 Å². The van der Waals surface area contributed by atoms with Crippen molar-refractivity contribution in [3.63, 3.8) is 0 Å². The van der Waals surface area contributed by atoms with Crippen molar-refractivity contribution in [3.05, 3.63) is 71.0 Å². The third-order valence-electron chi connectivity index (χ3n) is 5.73. The van der Waals surface area contributed by atoms with Gasteiger partial charge in [0.05, 0.1) is 18.2 Å². The lowest BCUT2D eigenvalue weighted by Crippen LogP contribution is -2.14. The monoisotopic (exact) mass is 422 g/mol. The van der Waals surface area contributed by atoms with E-state index in [-0.39, 0.29) is 18.2 Å². The first-order valence-corrected chi connectivity index (χ1v) is 11.1. The van der Waals surface area contributed by atoms with Crippen molar-refractivity contribution in [3.8, 4) is 0 Å². The van der Waals surface area contributed by atoms with Crippen molar-refractivity contribution in [1.29, 1.82) is 0 Å². The lowest BCUT2D eigenvalue weighted by Gasteiger charge is -2.18. The second kappa shape index (κ2) is 9.36. The van der Waals surface area contributed by atoms with E-state index in [2.05, 4.69) is 27.4 Å². The number of hydrogen-bond donors (Lipinski definition) is 3. The van der Waals surface area contributed by atoms with Crippen LogP contribution in [0, 0.1) is 11.8 Å². The summed E-state index contributed by atoms with van der Waals surface area (Å²) in [5, 5.41) is 15.8. The van der Waals surface area contributed by atoms with E-state index in [4.69, 9.17) is 5.73 Å². The number of nitrogens with one attached hydrogen (secondary N) is 1. The minimum absolute atomic E-state index is 0.101. The lowest BCUT2D eigenvalue weighted by molar-refractivity contribution is -0.115. The smallest absolute Gasteiger partial charge is 0.230 e. The zero-order chi connectivity index (χ0) is 20.9. The molecule has 1 aromatic carbocycles. The van der Waals surface area contributed by atoms with Gasteiger partial charge in [0.15, 0.2) is 5.13 Å². The molecule has 2 aromatic heterocycles. The molecule has 1 amide bonds. The fourth-order valence-electron chi connectivity index (χ4n) is 4.24. The number of rotatable bonds is 7. The van der Waals surface area contributed by atoms with Crippen LogP contribution in [-0.2, 0) is 17.6 Å². The Morgan fingerprint density at radius 3 is 2.80 bits per heavy atom.